The Hall–Kier alpha value is -2.11. The first-order valence-corrected chi connectivity index (χ1v) is 4.39. The third-order valence-corrected chi connectivity index (χ3v) is 1.82. The lowest BCUT2D eigenvalue weighted by Crippen LogP contribution is -2.36. The van der Waals surface area contributed by atoms with Crippen molar-refractivity contribution in [3.05, 3.63) is 46.0 Å². The molecule has 0 saturated heterocycles. The molecule has 0 aliphatic carbocycles. The molecule has 80 valence electrons. The molecule has 0 radical (unpaired) electrons. The minimum Gasteiger partial charge on any atom is -0.365 e. The van der Waals surface area contributed by atoms with Crippen LogP contribution in [0.15, 0.2) is 35.3 Å². The van der Waals surface area contributed by atoms with E-state index in [2.05, 4.69) is 4.99 Å². The number of benzene rings is 1. The van der Waals surface area contributed by atoms with E-state index in [1.54, 1.807) is 5.43 Å². The van der Waals surface area contributed by atoms with Crippen LogP contribution in [0.5, 0.6) is 0 Å². The predicted molar refractivity (Wildman–Crippen MR) is 56.6 cm³/mol. The number of nitrogens with zero attached hydrogens (tertiary/aromatic N) is 2. The van der Waals surface area contributed by atoms with Gasteiger partial charge in [0.05, 0.1) is 6.04 Å². The van der Waals surface area contributed by atoms with Gasteiger partial charge >= 0.3 is 0 Å². The van der Waals surface area contributed by atoms with Gasteiger partial charge in [-0.3, -0.25) is 0 Å². The van der Waals surface area contributed by atoms with E-state index in [4.69, 9.17) is 5.73 Å². The predicted octanol–water partition coefficient (Wildman–Crippen LogP) is 0.844. The molecule has 6 nitrogen and oxygen atoms in total. The molecule has 0 bridgehead atoms. The van der Waals surface area contributed by atoms with E-state index in [0.29, 0.717) is 0 Å². The first-order valence-electron chi connectivity index (χ1n) is 4.39. The molecule has 0 heterocycles. The molecule has 0 spiro atoms. The third-order valence-electron chi connectivity index (χ3n) is 1.82. The molecular formula is C9H12N4O2. The highest BCUT2D eigenvalue weighted by atomic mass is 16.7. The summed E-state index contributed by atoms with van der Waals surface area (Å²) in [6.45, 7) is 1.81. The van der Waals surface area contributed by atoms with Crippen LogP contribution in [0.4, 0.5) is 0 Å². The average molecular weight is 208 g/mol. The molecule has 0 fully saturated rings. The SMILES string of the molecule is CC(N=C(N)N[N+](=O)[O-])c1ccccc1. The maximum Gasteiger partial charge on any atom is 0.252 e. The van der Waals surface area contributed by atoms with E-state index in [1.165, 1.54) is 0 Å². The summed E-state index contributed by atoms with van der Waals surface area (Å²) >= 11 is 0. The van der Waals surface area contributed by atoms with Gasteiger partial charge in [0.1, 0.15) is 0 Å². The molecule has 1 aromatic rings. The van der Waals surface area contributed by atoms with Crippen molar-refractivity contribution >= 4 is 5.96 Å². The molecule has 0 aromatic heterocycles. The standard InChI is InChI=1S/C9H12N4O2/c1-7(8-5-3-2-4-6-8)11-9(10)12-13(14)15/h2-7H,1H3,(H3,10,11,12). The smallest absolute Gasteiger partial charge is 0.252 e. The van der Waals surface area contributed by atoms with Crippen molar-refractivity contribution in [1.29, 1.82) is 0 Å². The van der Waals surface area contributed by atoms with Crippen LogP contribution in [0, 0.1) is 10.1 Å². The van der Waals surface area contributed by atoms with Gasteiger partial charge in [-0.1, -0.05) is 35.8 Å². The number of rotatable bonds is 3. The Morgan fingerprint density at radius 3 is 2.67 bits per heavy atom. The van der Waals surface area contributed by atoms with E-state index >= 15 is 0 Å². The molecule has 0 amide bonds. The molecule has 3 N–H and O–H groups in total. The van der Waals surface area contributed by atoms with Gasteiger partial charge in [-0.25, -0.2) is 15.1 Å². The molecule has 1 atom stereocenters. The third kappa shape index (κ3) is 3.63. The quantitative estimate of drug-likeness (QED) is 0.333. The first kappa shape index (κ1) is 11.0. The number of hydrazine groups is 1. The van der Waals surface area contributed by atoms with Crippen molar-refractivity contribution in [3.63, 3.8) is 0 Å². The van der Waals surface area contributed by atoms with Crippen LogP contribution in [-0.4, -0.2) is 11.0 Å². The van der Waals surface area contributed by atoms with Crippen LogP contribution in [0.25, 0.3) is 0 Å². The Morgan fingerprint density at radius 1 is 1.53 bits per heavy atom. The summed E-state index contributed by atoms with van der Waals surface area (Å²) in [4.78, 5) is 14.0. The fourth-order valence-corrected chi connectivity index (χ4v) is 1.14. The second kappa shape index (κ2) is 4.94. The van der Waals surface area contributed by atoms with Gasteiger partial charge in [0.2, 0.25) is 0 Å². The van der Waals surface area contributed by atoms with Gasteiger partial charge in [-0.2, -0.15) is 0 Å². The summed E-state index contributed by atoms with van der Waals surface area (Å²) in [5, 5.41) is 9.32. The van der Waals surface area contributed by atoms with E-state index < -0.39 is 5.03 Å². The summed E-state index contributed by atoms with van der Waals surface area (Å²) in [5.41, 5.74) is 8.05. The molecule has 1 aromatic carbocycles. The van der Waals surface area contributed by atoms with Crippen LogP contribution < -0.4 is 11.2 Å². The van der Waals surface area contributed by atoms with E-state index in [1.807, 2.05) is 37.3 Å². The minimum atomic E-state index is -0.740. The Balaban J connectivity index is 2.70. The zero-order valence-electron chi connectivity index (χ0n) is 8.25. The van der Waals surface area contributed by atoms with Gasteiger partial charge in [-0.15, -0.1) is 0 Å². The van der Waals surface area contributed by atoms with Gasteiger partial charge in [0.25, 0.3) is 5.96 Å². The number of nitrogens with two attached hydrogens (primary N) is 1. The van der Waals surface area contributed by atoms with Crippen molar-refractivity contribution in [3.8, 4) is 0 Å². The van der Waals surface area contributed by atoms with E-state index in [0.717, 1.165) is 5.56 Å². The highest BCUT2D eigenvalue weighted by Gasteiger charge is 2.05. The summed E-state index contributed by atoms with van der Waals surface area (Å²) in [7, 11) is 0. The van der Waals surface area contributed by atoms with Crippen LogP contribution in [-0.2, 0) is 0 Å². The zero-order valence-corrected chi connectivity index (χ0v) is 8.25. The van der Waals surface area contributed by atoms with Crippen LogP contribution in [0.2, 0.25) is 0 Å². The van der Waals surface area contributed by atoms with Gasteiger partial charge in [0, 0.05) is 0 Å². The molecule has 0 aliphatic heterocycles. The molecule has 0 saturated carbocycles. The molecule has 15 heavy (non-hydrogen) atoms. The highest BCUT2D eigenvalue weighted by Crippen LogP contribution is 2.14. The molecule has 1 unspecified atom stereocenters. The Bertz CT molecular complexity index is 364. The number of hydrogen-bond acceptors (Lipinski definition) is 3. The van der Waals surface area contributed by atoms with Crippen LogP contribution >= 0.6 is 0 Å². The van der Waals surface area contributed by atoms with Crippen LogP contribution in [0.3, 0.4) is 0 Å². The van der Waals surface area contributed by atoms with Crippen molar-refractivity contribution in [2.45, 2.75) is 13.0 Å². The van der Waals surface area contributed by atoms with Gasteiger partial charge in [-0.05, 0) is 12.5 Å². The maximum absolute atomic E-state index is 10.1. The Morgan fingerprint density at radius 2 is 2.13 bits per heavy atom. The van der Waals surface area contributed by atoms with Gasteiger partial charge in [0.15, 0.2) is 5.03 Å². The fraction of sp³-hybridized carbons (Fsp3) is 0.222. The Kier molecular flexibility index (Phi) is 3.61. The molecule has 0 aliphatic rings. The molecular weight excluding hydrogens is 196 g/mol. The lowest BCUT2D eigenvalue weighted by Gasteiger charge is -2.06. The normalized spacial score (nSPS) is 13.3. The lowest BCUT2D eigenvalue weighted by molar-refractivity contribution is -0.525. The topological polar surface area (TPSA) is 93.5 Å². The molecule has 6 heteroatoms. The molecule has 1 rings (SSSR count). The van der Waals surface area contributed by atoms with Crippen molar-refractivity contribution in [1.82, 2.24) is 5.43 Å². The monoisotopic (exact) mass is 208 g/mol. The summed E-state index contributed by atoms with van der Waals surface area (Å²) in [5.74, 6) is -0.198. The highest BCUT2D eigenvalue weighted by molar-refractivity contribution is 5.76. The second-order valence-electron chi connectivity index (χ2n) is 2.97. The van der Waals surface area contributed by atoms with Crippen molar-refractivity contribution in [2.24, 2.45) is 10.7 Å². The van der Waals surface area contributed by atoms with Crippen molar-refractivity contribution in [2.75, 3.05) is 0 Å². The maximum atomic E-state index is 10.1. The number of nitrogens with one attached hydrogen (secondary N) is 1. The fourth-order valence-electron chi connectivity index (χ4n) is 1.14. The van der Waals surface area contributed by atoms with E-state index in [-0.39, 0.29) is 12.0 Å². The first-order chi connectivity index (χ1) is 7.09. The zero-order chi connectivity index (χ0) is 11.3. The van der Waals surface area contributed by atoms with Gasteiger partial charge < -0.3 is 5.73 Å². The van der Waals surface area contributed by atoms with Crippen molar-refractivity contribution < 1.29 is 5.03 Å². The number of nitro groups is 1. The number of guanidine groups is 1. The number of hydrogen-bond donors (Lipinski definition) is 2. The summed E-state index contributed by atoms with van der Waals surface area (Å²) < 4.78 is 0. The summed E-state index contributed by atoms with van der Waals surface area (Å²) in [6, 6.07) is 9.19. The summed E-state index contributed by atoms with van der Waals surface area (Å²) in [6.07, 6.45) is 0. The minimum absolute atomic E-state index is 0.198. The average Bonchev–Trinajstić information content (AvgIpc) is 2.17. The second-order valence-corrected chi connectivity index (χ2v) is 2.97. The lowest BCUT2D eigenvalue weighted by atomic mass is 10.1. The largest absolute Gasteiger partial charge is 0.365 e. The number of aliphatic imine (C=N–C) groups is 1. The van der Waals surface area contributed by atoms with Crippen LogP contribution in [0.1, 0.15) is 18.5 Å². The van der Waals surface area contributed by atoms with E-state index in [9.17, 15) is 10.1 Å². The Labute approximate surface area is 86.9 Å².